The number of halogens is 3. The number of nitrogens with one attached hydrogen (secondary N) is 1. The van der Waals surface area contributed by atoms with E-state index >= 15 is 0 Å². The smallest absolute Gasteiger partial charge is 0.115 e. The topological polar surface area (TPSA) is 32.3 Å². The van der Waals surface area contributed by atoms with Gasteiger partial charge in [0, 0.05) is 17.1 Å². The standard InChI is InChI=1S/C8H11NO.F2.FH.H2/c1-9-6-7-3-2-4-8(10)5-7;1-2;;/h2-5,9-10H,6H2,1H3;;2*1H. The van der Waals surface area contributed by atoms with E-state index in [1.807, 2.05) is 19.2 Å². The van der Waals surface area contributed by atoms with Crippen molar-refractivity contribution >= 4 is 0 Å². The Labute approximate surface area is 75.9 Å². The quantitative estimate of drug-likeness (QED) is 0.762. The number of benzene rings is 1. The van der Waals surface area contributed by atoms with Gasteiger partial charge in [-0.1, -0.05) is 12.1 Å². The Balaban J connectivity index is -0.000000284. The van der Waals surface area contributed by atoms with Crippen LogP contribution in [0.4, 0.5) is 13.9 Å². The van der Waals surface area contributed by atoms with Crippen LogP contribution in [0.5, 0.6) is 5.75 Å². The van der Waals surface area contributed by atoms with Crippen molar-refractivity contribution in [2.24, 2.45) is 0 Å². The normalized spacial score (nSPS) is 7.92. The molecule has 0 amide bonds. The molecule has 0 saturated carbocycles. The van der Waals surface area contributed by atoms with Gasteiger partial charge in [0.25, 0.3) is 0 Å². The Morgan fingerprint density at radius 3 is 2.54 bits per heavy atom. The Morgan fingerprint density at radius 1 is 1.46 bits per heavy atom. The lowest BCUT2D eigenvalue weighted by atomic mass is 10.2. The summed E-state index contributed by atoms with van der Waals surface area (Å²) in [5.41, 5.74) is 1.10. The summed E-state index contributed by atoms with van der Waals surface area (Å²) in [4.78, 5) is 0. The molecule has 13 heavy (non-hydrogen) atoms. The summed E-state index contributed by atoms with van der Waals surface area (Å²) >= 11 is 0. The Hall–Kier alpha value is -1.23. The highest BCUT2D eigenvalue weighted by atomic mass is 20.0. The minimum atomic E-state index is 0. The van der Waals surface area contributed by atoms with Crippen molar-refractivity contribution in [3.8, 4) is 5.75 Å². The van der Waals surface area contributed by atoms with Crippen molar-refractivity contribution in [2.75, 3.05) is 7.05 Å². The molecule has 0 unspecified atom stereocenters. The van der Waals surface area contributed by atoms with Gasteiger partial charge in [0.05, 0.1) is 0 Å². The molecule has 78 valence electrons. The first kappa shape index (κ1) is 14.3. The van der Waals surface area contributed by atoms with Gasteiger partial charge in [0.1, 0.15) is 5.75 Å². The molecule has 0 atom stereocenters. The molecule has 1 aromatic rings. The van der Waals surface area contributed by atoms with Gasteiger partial charge in [-0.3, -0.25) is 4.70 Å². The zero-order valence-electron chi connectivity index (χ0n) is 7.13. The number of hydrogen-bond acceptors (Lipinski definition) is 2. The number of rotatable bonds is 2. The second-order valence-corrected chi connectivity index (χ2v) is 2.20. The molecule has 0 aliphatic heterocycles. The summed E-state index contributed by atoms with van der Waals surface area (Å²) in [6.07, 6.45) is 0. The first-order valence-corrected chi connectivity index (χ1v) is 3.39. The fourth-order valence-electron chi connectivity index (χ4n) is 0.871. The highest BCUT2D eigenvalue weighted by molar-refractivity contribution is 5.26. The number of aromatic hydroxyl groups is 1. The van der Waals surface area contributed by atoms with Crippen molar-refractivity contribution in [3.05, 3.63) is 29.8 Å². The molecule has 2 nitrogen and oxygen atoms in total. The molecule has 0 aliphatic carbocycles. The van der Waals surface area contributed by atoms with Gasteiger partial charge in [-0.15, -0.1) is 0 Å². The molecule has 0 spiro atoms. The zero-order valence-corrected chi connectivity index (χ0v) is 7.13. The van der Waals surface area contributed by atoms with E-state index < -0.39 is 0 Å². The van der Waals surface area contributed by atoms with Gasteiger partial charge in [-0.25, -0.2) is 0 Å². The minimum absolute atomic E-state index is 0. The molecule has 1 rings (SSSR count). The highest BCUT2D eigenvalue weighted by Gasteiger charge is 1.90. The highest BCUT2D eigenvalue weighted by Crippen LogP contribution is 2.09. The average molecular weight is 197 g/mol. The van der Waals surface area contributed by atoms with Gasteiger partial charge < -0.3 is 10.4 Å². The summed E-state index contributed by atoms with van der Waals surface area (Å²) in [6.45, 7) is 0.800. The number of hydrogen-bond donors (Lipinski definition) is 2. The largest absolute Gasteiger partial charge is 0.508 e. The maximum atomic E-state index is 9.01. The van der Waals surface area contributed by atoms with Gasteiger partial charge in [0.2, 0.25) is 0 Å². The monoisotopic (exact) mass is 197 g/mol. The lowest BCUT2D eigenvalue weighted by Crippen LogP contribution is -2.04. The van der Waals surface area contributed by atoms with Crippen LogP contribution in [-0.4, -0.2) is 12.2 Å². The molecule has 0 radical (unpaired) electrons. The SMILES string of the molecule is CNCc1cccc(O)c1.F.FF.[HH]. The third-order valence-corrected chi connectivity index (χ3v) is 1.29. The fraction of sp³-hybridized carbons (Fsp3) is 0.250. The van der Waals surface area contributed by atoms with Crippen LogP contribution in [-0.2, 0) is 6.54 Å². The van der Waals surface area contributed by atoms with Crippen LogP contribution in [0.3, 0.4) is 0 Å². The summed E-state index contributed by atoms with van der Waals surface area (Å²) in [5.74, 6) is 0.327. The van der Waals surface area contributed by atoms with Crippen LogP contribution in [0.1, 0.15) is 6.99 Å². The van der Waals surface area contributed by atoms with E-state index in [-0.39, 0.29) is 6.13 Å². The van der Waals surface area contributed by atoms with Crippen molar-refractivity contribution < 1.29 is 20.4 Å². The zero-order chi connectivity index (χ0) is 9.40. The van der Waals surface area contributed by atoms with E-state index in [2.05, 4.69) is 5.32 Å². The Bertz CT molecular complexity index is 225. The summed E-state index contributed by atoms with van der Waals surface area (Å²) in [7, 11) is 1.88. The van der Waals surface area contributed by atoms with Crippen molar-refractivity contribution in [3.63, 3.8) is 0 Å². The molecule has 0 fully saturated rings. The number of phenolic OH excluding ortho intramolecular Hbond substituents is 1. The predicted octanol–water partition coefficient (Wildman–Crippen LogP) is 2.35. The van der Waals surface area contributed by atoms with E-state index in [1.54, 1.807) is 12.1 Å². The molecule has 1 aromatic carbocycles. The molecule has 2 N–H and O–H groups in total. The van der Waals surface area contributed by atoms with E-state index in [0.717, 1.165) is 12.1 Å². The van der Waals surface area contributed by atoms with Crippen molar-refractivity contribution in [1.29, 1.82) is 0 Å². The van der Waals surface area contributed by atoms with Gasteiger partial charge >= 0.3 is 0 Å². The molecule has 0 aromatic heterocycles. The second kappa shape index (κ2) is 8.86. The van der Waals surface area contributed by atoms with Crippen LogP contribution in [0, 0.1) is 0 Å². The molecule has 0 aliphatic rings. The van der Waals surface area contributed by atoms with Crippen LogP contribution in [0.2, 0.25) is 0 Å². The van der Waals surface area contributed by atoms with Gasteiger partial charge in [0.15, 0.2) is 0 Å². The maximum Gasteiger partial charge on any atom is 0.115 e. The first-order chi connectivity index (χ1) is 5.83. The maximum absolute atomic E-state index is 9.01. The Kier molecular flexibility index (Phi) is 9.75. The van der Waals surface area contributed by atoms with Crippen molar-refractivity contribution in [2.45, 2.75) is 6.54 Å². The molecule has 0 saturated heterocycles. The molecule has 0 heterocycles. The van der Waals surface area contributed by atoms with Crippen molar-refractivity contribution in [1.82, 2.24) is 5.32 Å². The predicted molar refractivity (Wildman–Crippen MR) is 47.7 cm³/mol. The third-order valence-electron chi connectivity index (χ3n) is 1.29. The lowest BCUT2D eigenvalue weighted by Gasteiger charge is -1.98. The van der Waals surface area contributed by atoms with E-state index in [9.17, 15) is 0 Å². The van der Waals surface area contributed by atoms with Gasteiger partial charge in [-0.2, -0.15) is 0 Å². The van der Waals surface area contributed by atoms with E-state index in [4.69, 9.17) is 14.3 Å². The van der Waals surface area contributed by atoms with Crippen LogP contribution >= 0.6 is 0 Å². The molecular weight excluding hydrogens is 183 g/mol. The Morgan fingerprint density at radius 2 is 2.08 bits per heavy atom. The molecule has 0 bridgehead atoms. The summed E-state index contributed by atoms with van der Waals surface area (Å²) in [5, 5.41) is 12.0. The second-order valence-electron chi connectivity index (χ2n) is 2.20. The minimum Gasteiger partial charge on any atom is -0.508 e. The van der Waals surface area contributed by atoms with Crippen LogP contribution in [0.25, 0.3) is 0 Å². The first-order valence-electron chi connectivity index (χ1n) is 3.39. The van der Waals surface area contributed by atoms with E-state index in [1.165, 1.54) is 0 Å². The molecule has 5 heteroatoms. The fourth-order valence-corrected chi connectivity index (χ4v) is 0.871. The van der Waals surface area contributed by atoms with Crippen LogP contribution < -0.4 is 5.32 Å². The summed E-state index contributed by atoms with van der Waals surface area (Å²) in [6, 6.07) is 7.22. The van der Waals surface area contributed by atoms with E-state index in [0.29, 0.717) is 5.75 Å². The number of phenols is 1. The third kappa shape index (κ3) is 5.98. The van der Waals surface area contributed by atoms with Gasteiger partial charge in [-0.05, 0) is 24.7 Å². The summed E-state index contributed by atoms with van der Waals surface area (Å²) < 4.78 is 16.0. The lowest BCUT2D eigenvalue weighted by molar-refractivity contribution is 0.108. The average Bonchev–Trinajstić information content (AvgIpc) is 2.09. The van der Waals surface area contributed by atoms with Crippen LogP contribution in [0.15, 0.2) is 24.3 Å². The molecular formula is C8H14F3NO.